The summed E-state index contributed by atoms with van der Waals surface area (Å²) in [5.74, 6) is -0.240. The predicted octanol–water partition coefficient (Wildman–Crippen LogP) is 1.29. The molecule has 0 fully saturated rings. The number of phenolic OH excluding ortho intramolecular Hbond substituents is 1. The minimum absolute atomic E-state index is 0.0719. The highest BCUT2D eigenvalue weighted by atomic mass is 32.2. The van der Waals surface area contributed by atoms with Crippen LogP contribution in [0.2, 0.25) is 0 Å². The number of hydrogen-bond acceptors (Lipinski definition) is 4. The minimum atomic E-state index is -3.64. The molecule has 0 radical (unpaired) electrons. The standard InChI is InChI=1S/C11H17NO3S/c1-8(12)11(2,3)16(14,15)10-7-5-4-6-9(10)13/h4-8,13H,12H2,1-3H3. The van der Waals surface area contributed by atoms with Gasteiger partial charge in [-0.3, -0.25) is 0 Å². The van der Waals surface area contributed by atoms with Crippen LogP contribution in [0.5, 0.6) is 5.75 Å². The Bertz CT molecular complexity index is 478. The molecule has 0 saturated carbocycles. The second-order valence-corrected chi connectivity index (χ2v) is 6.86. The highest BCUT2D eigenvalue weighted by Crippen LogP contribution is 2.32. The Kier molecular flexibility index (Phi) is 3.30. The molecular weight excluding hydrogens is 226 g/mol. The van der Waals surface area contributed by atoms with E-state index in [1.165, 1.54) is 12.1 Å². The Morgan fingerprint density at radius 2 is 1.81 bits per heavy atom. The molecular formula is C11H17NO3S. The Labute approximate surface area is 96.0 Å². The molecule has 1 aromatic carbocycles. The zero-order valence-electron chi connectivity index (χ0n) is 9.64. The molecule has 0 bridgehead atoms. The lowest BCUT2D eigenvalue weighted by Gasteiger charge is -2.28. The maximum absolute atomic E-state index is 12.3. The summed E-state index contributed by atoms with van der Waals surface area (Å²) < 4.78 is 23.4. The van der Waals surface area contributed by atoms with E-state index in [-0.39, 0.29) is 10.6 Å². The quantitative estimate of drug-likeness (QED) is 0.838. The van der Waals surface area contributed by atoms with Gasteiger partial charge < -0.3 is 10.8 Å². The van der Waals surface area contributed by atoms with Gasteiger partial charge in [0, 0.05) is 6.04 Å². The van der Waals surface area contributed by atoms with Crippen molar-refractivity contribution >= 4 is 9.84 Å². The molecule has 0 aliphatic rings. The third-order valence-electron chi connectivity index (χ3n) is 2.94. The SMILES string of the molecule is CC(N)C(C)(C)S(=O)(=O)c1ccccc1O. The third-order valence-corrected chi connectivity index (χ3v) is 5.63. The summed E-state index contributed by atoms with van der Waals surface area (Å²) >= 11 is 0. The molecule has 1 aromatic rings. The summed E-state index contributed by atoms with van der Waals surface area (Å²) in [6.07, 6.45) is 0. The number of nitrogens with two attached hydrogens (primary N) is 1. The second kappa shape index (κ2) is 4.07. The van der Waals surface area contributed by atoms with E-state index < -0.39 is 20.6 Å². The minimum Gasteiger partial charge on any atom is -0.507 e. The maximum Gasteiger partial charge on any atom is 0.188 e. The molecule has 1 atom stereocenters. The lowest BCUT2D eigenvalue weighted by atomic mass is 10.1. The molecule has 1 rings (SSSR count). The normalized spacial score (nSPS) is 14.8. The molecule has 0 aromatic heterocycles. The van der Waals surface area contributed by atoms with Crippen LogP contribution in [0, 0.1) is 0 Å². The van der Waals surface area contributed by atoms with Gasteiger partial charge in [-0.2, -0.15) is 0 Å². The fourth-order valence-corrected chi connectivity index (χ4v) is 2.87. The van der Waals surface area contributed by atoms with Crippen molar-refractivity contribution in [3.8, 4) is 5.75 Å². The van der Waals surface area contributed by atoms with Crippen LogP contribution >= 0.6 is 0 Å². The van der Waals surface area contributed by atoms with E-state index in [0.717, 1.165) is 0 Å². The van der Waals surface area contributed by atoms with Crippen molar-refractivity contribution in [1.82, 2.24) is 0 Å². The van der Waals surface area contributed by atoms with Crippen molar-refractivity contribution in [3.63, 3.8) is 0 Å². The van der Waals surface area contributed by atoms with Crippen molar-refractivity contribution in [2.24, 2.45) is 5.73 Å². The second-order valence-electron chi connectivity index (χ2n) is 4.36. The number of phenols is 1. The van der Waals surface area contributed by atoms with Crippen LogP contribution in [-0.2, 0) is 9.84 Å². The van der Waals surface area contributed by atoms with Crippen LogP contribution in [0.15, 0.2) is 29.2 Å². The fraction of sp³-hybridized carbons (Fsp3) is 0.455. The van der Waals surface area contributed by atoms with Gasteiger partial charge >= 0.3 is 0 Å². The van der Waals surface area contributed by atoms with E-state index in [1.807, 2.05) is 0 Å². The number of hydrogen-bond donors (Lipinski definition) is 2. The fourth-order valence-electron chi connectivity index (χ4n) is 1.21. The molecule has 0 aliphatic carbocycles. The number of aromatic hydroxyl groups is 1. The van der Waals surface area contributed by atoms with Gasteiger partial charge in [0.25, 0.3) is 0 Å². The van der Waals surface area contributed by atoms with Crippen LogP contribution in [0.3, 0.4) is 0 Å². The van der Waals surface area contributed by atoms with Gasteiger partial charge in [-0.1, -0.05) is 12.1 Å². The Morgan fingerprint density at radius 3 is 2.25 bits per heavy atom. The third kappa shape index (κ3) is 1.92. The summed E-state index contributed by atoms with van der Waals surface area (Å²) in [5.41, 5.74) is 5.68. The van der Waals surface area contributed by atoms with Gasteiger partial charge in [-0.05, 0) is 32.9 Å². The van der Waals surface area contributed by atoms with E-state index in [2.05, 4.69) is 0 Å². The molecule has 0 amide bonds. The molecule has 0 saturated heterocycles. The highest BCUT2D eigenvalue weighted by molar-refractivity contribution is 7.93. The topological polar surface area (TPSA) is 80.4 Å². The van der Waals surface area contributed by atoms with Crippen LogP contribution < -0.4 is 5.73 Å². The summed E-state index contributed by atoms with van der Waals surface area (Å²) in [5, 5.41) is 9.57. The van der Waals surface area contributed by atoms with E-state index in [4.69, 9.17) is 5.73 Å². The van der Waals surface area contributed by atoms with Gasteiger partial charge in [0.05, 0.1) is 4.75 Å². The van der Waals surface area contributed by atoms with Crippen molar-refractivity contribution in [2.75, 3.05) is 0 Å². The number of sulfone groups is 1. The van der Waals surface area contributed by atoms with E-state index in [9.17, 15) is 13.5 Å². The summed E-state index contributed by atoms with van der Waals surface area (Å²) in [4.78, 5) is -0.0719. The largest absolute Gasteiger partial charge is 0.507 e. The van der Waals surface area contributed by atoms with Crippen LogP contribution in [0.25, 0.3) is 0 Å². The van der Waals surface area contributed by atoms with Gasteiger partial charge in [-0.25, -0.2) is 8.42 Å². The number of benzene rings is 1. The Balaban J connectivity index is 3.39. The van der Waals surface area contributed by atoms with Crippen molar-refractivity contribution < 1.29 is 13.5 Å². The molecule has 5 heteroatoms. The van der Waals surface area contributed by atoms with Crippen LogP contribution in [0.4, 0.5) is 0 Å². The van der Waals surface area contributed by atoms with Gasteiger partial charge in [-0.15, -0.1) is 0 Å². The average molecular weight is 243 g/mol. The lowest BCUT2D eigenvalue weighted by molar-refractivity contribution is 0.452. The number of para-hydroxylation sites is 1. The average Bonchev–Trinajstić information content (AvgIpc) is 2.17. The summed E-state index contributed by atoms with van der Waals surface area (Å²) in [7, 11) is -3.64. The van der Waals surface area contributed by atoms with Gasteiger partial charge in [0.1, 0.15) is 10.6 Å². The van der Waals surface area contributed by atoms with Crippen molar-refractivity contribution in [2.45, 2.75) is 36.5 Å². The molecule has 0 heterocycles. The molecule has 3 N–H and O–H groups in total. The Morgan fingerprint density at radius 1 is 1.31 bits per heavy atom. The first-order valence-corrected chi connectivity index (χ1v) is 6.48. The molecule has 90 valence electrons. The zero-order chi connectivity index (χ0) is 12.6. The lowest BCUT2D eigenvalue weighted by Crippen LogP contribution is -2.47. The molecule has 0 aliphatic heterocycles. The van der Waals surface area contributed by atoms with E-state index >= 15 is 0 Å². The summed E-state index contributed by atoms with van der Waals surface area (Å²) in [6.45, 7) is 4.75. The molecule has 4 nitrogen and oxygen atoms in total. The zero-order valence-corrected chi connectivity index (χ0v) is 10.5. The number of rotatable bonds is 3. The van der Waals surface area contributed by atoms with E-state index in [0.29, 0.717) is 0 Å². The van der Waals surface area contributed by atoms with Crippen LogP contribution in [-0.4, -0.2) is 24.3 Å². The molecule has 0 spiro atoms. The smallest absolute Gasteiger partial charge is 0.188 e. The van der Waals surface area contributed by atoms with Crippen molar-refractivity contribution in [3.05, 3.63) is 24.3 Å². The van der Waals surface area contributed by atoms with Crippen LogP contribution in [0.1, 0.15) is 20.8 Å². The molecule has 1 unspecified atom stereocenters. The van der Waals surface area contributed by atoms with E-state index in [1.54, 1.807) is 32.9 Å². The molecule has 16 heavy (non-hydrogen) atoms. The first-order valence-electron chi connectivity index (χ1n) is 4.99. The van der Waals surface area contributed by atoms with Gasteiger partial charge in [0.2, 0.25) is 0 Å². The first kappa shape index (κ1) is 13.0. The van der Waals surface area contributed by atoms with Gasteiger partial charge in [0.15, 0.2) is 9.84 Å². The Hall–Kier alpha value is -1.07. The maximum atomic E-state index is 12.3. The summed E-state index contributed by atoms with van der Waals surface area (Å²) in [6, 6.07) is 5.35. The predicted molar refractivity (Wildman–Crippen MR) is 63.0 cm³/mol. The monoisotopic (exact) mass is 243 g/mol. The highest BCUT2D eigenvalue weighted by Gasteiger charge is 2.40. The first-order chi connectivity index (χ1) is 7.21. The van der Waals surface area contributed by atoms with Crippen molar-refractivity contribution in [1.29, 1.82) is 0 Å².